The third-order valence-electron chi connectivity index (χ3n) is 4.92. The zero-order chi connectivity index (χ0) is 16.9. The van der Waals surface area contributed by atoms with E-state index in [0.29, 0.717) is 31.4 Å². The minimum absolute atomic E-state index is 0.0845. The summed E-state index contributed by atoms with van der Waals surface area (Å²) in [6.45, 7) is 6.16. The molecule has 0 N–H and O–H groups in total. The van der Waals surface area contributed by atoms with Gasteiger partial charge in [-0.25, -0.2) is 4.98 Å². The lowest BCUT2D eigenvalue weighted by molar-refractivity contribution is -0.136. The minimum Gasteiger partial charge on any atom is -0.339 e. The smallest absolute Gasteiger partial charge is 0.274 e. The first-order valence-electron chi connectivity index (χ1n) is 8.72. The van der Waals surface area contributed by atoms with Crippen molar-refractivity contribution in [3.63, 3.8) is 0 Å². The number of aromatic nitrogens is 2. The van der Waals surface area contributed by atoms with E-state index in [0.717, 1.165) is 32.5 Å². The van der Waals surface area contributed by atoms with Crippen molar-refractivity contribution in [1.29, 1.82) is 0 Å². The molecule has 130 valence electrons. The van der Waals surface area contributed by atoms with Crippen molar-refractivity contribution in [2.75, 3.05) is 39.3 Å². The van der Waals surface area contributed by atoms with Gasteiger partial charge in [0.15, 0.2) is 0 Å². The van der Waals surface area contributed by atoms with Gasteiger partial charge in [0.05, 0.1) is 12.7 Å². The monoisotopic (exact) mass is 331 g/mol. The summed E-state index contributed by atoms with van der Waals surface area (Å²) in [5, 5.41) is 0. The number of hydrogen-bond donors (Lipinski definition) is 0. The van der Waals surface area contributed by atoms with Crippen molar-refractivity contribution in [1.82, 2.24) is 24.7 Å². The third kappa shape index (κ3) is 3.90. The highest BCUT2D eigenvalue weighted by Gasteiger charge is 2.27. The van der Waals surface area contributed by atoms with E-state index in [4.69, 9.17) is 0 Å². The van der Waals surface area contributed by atoms with E-state index in [1.54, 1.807) is 11.1 Å². The lowest BCUT2D eigenvalue weighted by Crippen LogP contribution is -2.53. The minimum atomic E-state index is -0.0845. The van der Waals surface area contributed by atoms with Gasteiger partial charge < -0.3 is 9.80 Å². The standard InChI is InChI=1S/C17H25N5O2/c1-14-4-2-3-7-22(14)16(23)13-20-8-10-21(11-9-20)17(24)15-12-18-5-6-19-15/h5-6,12,14H,2-4,7-11,13H2,1H3. The number of hydrogen-bond acceptors (Lipinski definition) is 5. The molecule has 2 aliphatic heterocycles. The van der Waals surface area contributed by atoms with Gasteiger partial charge in [0.25, 0.3) is 5.91 Å². The first kappa shape index (κ1) is 16.8. The van der Waals surface area contributed by atoms with E-state index < -0.39 is 0 Å². The highest BCUT2D eigenvalue weighted by molar-refractivity contribution is 5.92. The molecule has 1 aromatic heterocycles. The van der Waals surface area contributed by atoms with Crippen LogP contribution in [0.15, 0.2) is 18.6 Å². The molecule has 3 heterocycles. The highest BCUT2D eigenvalue weighted by atomic mass is 16.2. The van der Waals surface area contributed by atoms with Crippen LogP contribution in [-0.2, 0) is 4.79 Å². The van der Waals surface area contributed by atoms with Crippen LogP contribution in [0.2, 0.25) is 0 Å². The molecule has 0 radical (unpaired) electrons. The number of nitrogens with zero attached hydrogens (tertiary/aromatic N) is 5. The molecule has 1 atom stereocenters. The average Bonchev–Trinajstić information content (AvgIpc) is 2.63. The van der Waals surface area contributed by atoms with Crippen molar-refractivity contribution in [2.24, 2.45) is 0 Å². The van der Waals surface area contributed by atoms with Gasteiger partial charge in [0.2, 0.25) is 5.91 Å². The second-order valence-corrected chi connectivity index (χ2v) is 6.59. The Morgan fingerprint density at radius 3 is 2.58 bits per heavy atom. The molecule has 0 aliphatic carbocycles. The molecule has 7 heteroatoms. The van der Waals surface area contributed by atoms with Gasteiger partial charge in [-0.2, -0.15) is 0 Å². The normalized spacial score (nSPS) is 22.5. The maximum absolute atomic E-state index is 12.5. The quantitative estimate of drug-likeness (QED) is 0.813. The van der Waals surface area contributed by atoms with Crippen molar-refractivity contribution < 1.29 is 9.59 Å². The van der Waals surface area contributed by atoms with Gasteiger partial charge in [-0.1, -0.05) is 0 Å². The summed E-state index contributed by atoms with van der Waals surface area (Å²) < 4.78 is 0. The van der Waals surface area contributed by atoms with Gasteiger partial charge >= 0.3 is 0 Å². The van der Waals surface area contributed by atoms with Crippen molar-refractivity contribution in [3.05, 3.63) is 24.3 Å². The number of carbonyl (C=O) groups excluding carboxylic acids is 2. The molecule has 2 aliphatic rings. The summed E-state index contributed by atoms with van der Waals surface area (Å²) in [4.78, 5) is 38.8. The Labute approximate surface area is 142 Å². The fourth-order valence-corrected chi connectivity index (χ4v) is 3.43. The zero-order valence-corrected chi connectivity index (χ0v) is 14.2. The second-order valence-electron chi connectivity index (χ2n) is 6.59. The molecule has 2 fully saturated rings. The van der Waals surface area contributed by atoms with Crippen LogP contribution in [0.5, 0.6) is 0 Å². The fraction of sp³-hybridized carbons (Fsp3) is 0.647. The molecular formula is C17H25N5O2. The maximum Gasteiger partial charge on any atom is 0.274 e. The first-order chi connectivity index (χ1) is 11.6. The fourth-order valence-electron chi connectivity index (χ4n) is 3.43. The van der Waals surface area contributed by atoms with Crippen LogP contribution in [0.3, 0.4) is 0 Å². The van der Waals surface area contributed by atoms with E-state index in [9.17, 15) is 9.59 Å². The van der Waals surface area contributed by atoms with Crippen LogP contribution in [0.1, 0.15) is 36.7 Å². The van der Waals surface area contributed by atoms with Crippen LogP contribution in [0, 0.1) is 0 Å². The van der Waals surface area contributed by atoms with Crippen molar-refractivity contribution >= 4 is 11.8 Å². The molecule has 0 bridgehead atoms. The summed E-state index contributed by atoms with van der Waals surface area (Å²) in [6, 6.07) is 0.353. The highest BCUT2D eigenvalue weighted by Crippen LogP contribution is 2.17. The van der Waals surface area contributed by atoms with E-state index >= 15 is 0 Å². The third-order valence-corrected chi connectivity index (χ3v) is 4.92. The number of piperidine rings is 1. The van der Waals surface area contributed by atoms with Crippen molar-refractivity contribution in [2.45, 2.75) is 32.2 Å². The molecule has 0 spiro atoms. The lowest BCUT2D eigenvalue weighted by Gasteiger charge is -2.38. The molecule has 1 unspecified atom stereocenters. The second kappa shape index (κ2) is 7.70. The first-order valence-corrected chi connectivity index (χ1v) is 8.72. The number of piperazine rings is 1. The van der Waals surface area contributed by atoms with E-state index in [-0.39, 0.29) is 11.8 Å². The largest absolute Gasteiger partial charge is 0.339 e. The maximum atomic E-state index is 12.5. The Balaban J connectivity index is 1.48. The van der Waals surface area contributed by atoms with E-state index in [2.05, 4.69) is 21.8 Å². The molecule has 1 aromatic rings. The summed E-state index contributed by atoms with van der Waals surface area (Å²) in [5.74, 6) is 0.134. The van der Waals surface area contributed by atoms with Crippen LogP contribution >= 0.6 is 0 Å². The number of carbonyl (C=O) groups is 2. The number of rotatable bonds is 3. The van der Waals surface area contributed by atoms with Crippen LogP contribution in [0.4, 0.5) is 0 Å². The molecule has 0 saturated carbocycles. The van der Waals surface area contributed by atoms with Gasteiger partial charge in [0.1, 0.15) is 5.69 Å². The SMILES string of the molecule is CC1CCCCN1C(=O)CN1CCN(C(=O)c2cnccn2)CC1. The molecule has 2 saturated heterocycles. The topological polar surface area (TPSA) is 69.6 Å². The van der Waals surface area contributed by atoms with Gasteiger partial charge in [-0.3, -0.25) is 19.5 Å². The average molecular weight is 331 g/mol. The van der Waals surface area contributed by atoms with Gasteiger partial charge in [-0.15, -0.1) is 0 Å². The van der Waals surface area contributed by atoms with Crippen molar-refractivity contribution in [3.8, 4) is 0 Å². The van der Waals surface area contributed by atoms with Crippen LogP contribution in [-0.4, -0.2) is 81.8 Å². The number of likely N-dealkylation sites (tertiary alicyclic amines) is 1. The molecular weight excluding hydrogens is 306 g/mol. The Kier molecular flexibility index (Phi) is 5.40. The van der Waals surface area contributed by atoms with E-state index in [1.807, 2.05) is 4.90 Å². The van der Waals surface area contributed by atoms with Crippen LogP contribution < -0.4 is 0 Å². The summed E-state index contributed by atoms with van der Waals surface area (Å²) in [7, 11) is 0. The molecule has 24 heavy (non-hydrogen) atoms. The van der Waals surface area contributed by atoms with E-state index in [1.165, 1.54) is 18.8 Å². The molecule has 0 aromatic carbocycles. The molecule has 7 nitrogen and oxygen atoms in total. The lowest BCUT2D eigenvalue weighted by atomic mass is 10.0. The Hall–Kier alpha value is -2.02. The predicted molar refractivity (Wildman–Crippen MR) is 89.4 cm³/mol. The van der Waals surface area contributed by atoms with Gasteiger partial charge in [0, 0.05) is 51.2 Å². The van der Waals surface area contributed by atoms with Crippen LogP contribution in [0.25, 0.3) is 0 Å². The number of amides is 2. The Bertz CT molecular complexity index is 572. The zero-order valence-electron chi connectivity index (χ0n) is 14.2. The predicted octanol–water partition coefficient (Wildman–Crippen LogP) is 0.635. The summed E-state index contributed by atoms with van der Waals surface area (Å²) >= 11 is 0. The Morgan fingerprint density at radius 1 is 1.12 bits per heavy atom. The summed E-state index contributed by atoms with van der Waals surface area (Å²) in [5.41, 5.74) is 0.379. The molecule has 2 amide bonds. The Morgan fingerprint density at radius 2 is 1.92 bits per heavy atom. The summed E-state index contributed by atoms with van der Waals surface area (Å²) in [6.07, 6.45) is 8.01. The van der Waals surface area contributed by atoms with Gasteiger partial charge in [-0.05, 0) is 26.2 Å². The molecule has 3 rings (SSSR count).